The molecule has 104 valence electrons. The minimum absolute atomic E-state index is 0.161. The third-order valence-corrected chi connectivity index (χ3v) is 3.74. The van der Waals surface area contributed by atoms with Crippen LogP contribution in [-0.2, 0) is 17.6 Å². The van der Waals surface area contributed by atoms with Gasteiger partial charge in [0.25, 0.3) is 0 Å². The molecule has 1 aromatic heterocycles. The van der Waals surface area contributed by atoms with Gasteiger partial charge in [-0.15, -0.1) is 0 Å². The highest BCUT2D eigenvalue weighted by Crippen LogP contribution is 2.32. The zero-order valence-corrected chi connectivity index (χ0v) is 11.4. The van der Waals surface area contributed by atoms with Gasteiger partial charge in [-0.3, -0.25) is 4.79 Å². The molecule has 0 unspecified atom stereocenters. The molecule has 1 aromatic carbocycles. The predicted octanol–water partition coefficient (Wildman–Crippen LogP) is 1.75. The fourth-order valence-electron chi connectivity index (χ4n) is 2.63. The Morgan fingerprint density at radius 3 is 3.05 bits per heavy atom. The summed E-state index contributed by atoms with van der Waals surface area (Å²) in [6, 6.07) is 6.02. The van der Waals surface area contributed by atoms with Crippen molar-refractivity contribution in [1.82, 2.24) is 5.16 Å². The molecule has 5 nitrogen and oxygen atoms in total. The van der Waals surface area contributed by atoms with Gasteiger partial charge in [-0.05, 0) is 43.1 Å². The number of aryl methyl sites for hydroxylation is 1. The van der Waals surface area contributed by atoms with Crippen LogP contribution >= 0.6 is 0 Å². The standard InChI is InChI=1S/C15H17N3O2/c1-18-13-4-2-11(8-10(13)3-5-14(18)19)15-12(6-7-16)9-17-20-15/h2,4,8-9H,3,5-7,16H2,1H3. The van der Waals surface area contributed by atoms with E-state index in [4.69, 9.17) is 10.3 Å². The number of nitrogens with zero attached hydrogens (tertiary/aromatic N) is 2. The smallest absolute Gasteiger partial charge is 0.227 e. The van der Waals surface area contributed by atoms with Crippen LogP contribution in [0.4, 0.5) is 5.69 Å². The Hall–Kier alpha value is -2.14. The van der Waals surface area contributed by atoms with Gasteiger partial charge in [0.2, 0.25) is 5.91 Å². The molecular weight excluding hydrogens is 254 g/mol. The first-order valence-corrected chi connectivity index (χ1v) is 6.74. The SMILES string of the molecule is CN1C(=O)CCc2cc(-c3oncc3CCN)ccc21. The average molecular weight is 271 g/mol. The number of hydrogen-bond donors (Lipinski definition) is 1. The molecule has 2 N–H and O–H groups in total. The van der Waals surface area contributed by atoms with Crippen molar-refractivity contribution in [3.63, 3.8) is 0 Å². The molecule has 1 aliphatic heterocycles. The molecule has 0 fully saturated rings. The third kappa shape index (κ3) is 2.10. The van der Waals surface area contributed by atoms with E-state index >= 15 is 0 Å². The summed E-state index contributed by atoms with van der Waals surface area (Å²) in [4.78, 5) is 13.4. The van der Waals surface area contributed by atoms with Crippen molar-refractivity contribution in [2.24, 2.45) is 5.73 Å². The van der Waals surface area contributed by atoms with E-state index < -0.39 is 0 Å². The lowest BCUT2D eigenvalue weighted by Gasteiger charge is -2.26. The summed E-state index contributed by atoms with van der Waals surface area (Å²) in [5, 5.41) is 3.86. The molecule has 0 radical (unpaired) electrons. The Labute approximate surface area is 117 Å². The maximum Gasteiger partial charge on any atom is 0.227 e. The number of carbonyl (C=O) groups excluding carboxylic acids is 1. The van der Waals surface area contributed by atoms with Crippen molar-refractivity contribution in [3.8, 4) is 11.3 Å². The van der Waals surface area contributed by atoms with E-state index in [1.807, 2.05) is 19.2 Å². The van der Waals surface area contributed by atoms with Crippen LogP contribution in [0.5, 0.6) is 0 Å². The molecule has 0 atom stereocenters. The van der Waals surface area contributed by atoms with E-state index in [2.05, 4.69) is 11.2 Å². The van der Waals surface area contributed by atoms with Crippen molar-refractivity contribution in [3.05, 3.63) is 35.5 Å². The predicted molar refractivity (Wildman–Crippen MR) is 76.4 cm³/mol. The van der Waals surface area contributed by atoms with E-state index in [1.54, 1.807) is 11.1 Å². The van der Waals surface area contributed by atoms with Gasteiger partial charge in [0.15, 0.2) is 5.76 Å². The van der Waals surface area contributed by atoms with Crippen molar-refractivity contribution in [1.29, 1.82) is 0 Å². The quantitative estimate of drug-likeness (QED) is 0.923. The number of anilines is 1. The summed E-state index contributed by atoms with van der Waals surface area (Å²) in [6.45, 7) is 0.566. The number of nitrogens with two attached hydrogens (primary N) is 1. The summed E-state index contributed by atoms with van der Waals surface area (Å²) >= 11 is 0. The average Bonchev–Trinajstić information content (AvgIpc) is 2.91. The fraction of sp³-hybridized carbons (Fsp3) is 0.333. The molecule has 0 spiro atoms. The van der Waals surface area contributed by atoms with Gasteiger partial charge in [0.05, 0.1) is 6.20 Å². The molecule has 20 heavy (non-hydrogen) atoms. The minimum Gasteiger partial charge on any atom is -0.356 e. The maximum atomic E-state index is 11.7. The van der Waals surface area contributed by atoms with Crippen molar-refractivity contribution in [2.45, 2.75) is 19.3 Å². The molecule has 0 saturated heterocycles. The van der Waals surface area contributed by atoms with Crippen LogP contribution < -0.4 is 10.6 Å². The van der Waals surface area contributed by atoms with Gasteiger partial charge in [-0.2, -0.15) is 0 Å². The van der Waals surface area contributed by atoms with Gasteiger partial charge in [0, 0.05) is 30.3 Å². The number of rotatable bonds is 3. The van der Waals surface area contributed by atoms with E-state index in [9.17, 15) is 4.79 Å². The molecule has 1 aliphatic rings. The highest BCUT2D eigenvalue weighted by atomic mass is 16.5. The van der Waals surface area contributed by atoms with Gasteiger partial charge < -0.3 is 15.2 Å². The molecule has 0 bridgehead atoms. The lowest BCUT2D eigenvalue weighted by molar-refractivity contribution is -0.118. The Balaban J connectivity index is 2.00. The monoisotopic (exact) mass is 271 g/mol. The first kappa shape index (κ1) is 12.9. The Kier molecular flexibility index (Phi) is 3.28. The molecule has 0 saturated carbocycles. The topological polar surface area (TPSA) is 72.4 Å². The number of fused-ring (bicyclic) bond motifs is 1. The van der Waals surface area contributed by atoms with Crippen LogP contribution in [-0.4, -0.2) is 24.7 Å². The van der Waals surface area contributed by atoms with Crippen molar-refractivity contribution >= 4 is 11.6 Å². The zero-order valence-electron chi connectivity index (χ0n) is 11.4. The summed E-state index contributed by atoms with van der Waals surface area (Å²) in [5.74, 6) is 0.937. The first-order valence-electron chi connectivity index (χ1n) is 6.74. The highest BCUT2D eigenvalue weighted by Gasteiger charge is 2.22. The molecular formula is C15H17N3O2. The lowest BCUT2D eigenvalue weighted by Crippen LogP contribution is -2.30. The number of hydrogen-bond acceptors (Lipinski definition) is 4. The normalized spacial score (nSPS) is 14.5. The van der Waals surface area contributed by atoms with Gasteiger partial charge in [-0.1, -0.05) is 5.16 Å². The molecule has 1 amide bonds. The van der Waals surface area contributed by atoms with Crippen LogP contribution in [0, 0.1) is 0 Å². The van der Waals surface area contributed by atoms with Crippen LogP contribution in [0.15, 0.2) is 28.9 Å². The number of amides is 1. The second kappa shape index (κ2) is 5.09. The number of benzene rings is 1. The maximum absolute atomic E-state index is 11.7. The van der Waals surface area contributed by atoms with Crippen LogP contribution in [0.1, 0.15) is 17.5 Å². The number of carbonyl (C=O) groups is 1. The Morgan fingerprint density at radius 2 is 2.25 bits per heavy atom. The van der Waals surface area contributed by atoms with E-state index in [0.717, 1.165) is 35.4 Å². The van der Waals surface area contributed by atoms with Gasteiger partial charge in [0.1, 0.15) is 0 Å². The van der Waals surface area contributed by atoms with Gasteiger partial charge in [-0.25, -0.2) is 0 Å². The fourth-order valence-corrected chi connectivity index (χ4v) is 2.63. The number of aromatic nitrogens is 1. The second-order valence-electron chi connectivity index (χ2n) is 5.02. The van der Waals surface area contributed by atoms with Gasteiger partial charge >= 0.3 is 0 Å². The summed E-state index contributed by atoms with van der Waals surface area (Å²) in [6.07, 6.45) is 3.79. The third-order valence-electron chi connectivity index (χ3n) is 3.74. The highest BCUT2D eigenvalue weighted by molar-refractivity contribution is 5.96. The van der Waals surface area contributed by atoms with Crippen LogP contribution in [0.3, 0.4) is 0 Å². The molecule has 2 aromatic rings. The Morgan fingerprint density at radius 1 is 1.40 bits per heavy atom. The second-order valence-corrected chi connectivity index (χ2v) is 5.02. The van der Waals surface area contributed by atoms with Crippen molar-refractivity contribution < 1.29 is 9.32 Å². The minimum atomic E-state index is 0.161. The molecule has 2 heterocycles. The van der Waals surface area contributed by atoms with Crippen LogP contribution in [0.2, 0.25) is 0 Å². The first-order chi connectivity index (χ1) is 9.70. The summed E-state index contributed by atoms with van der Waals surface area (Å²) in [5.41, 5.74) is 9.75. The zero-order chi connectivity index (χ0) is 14.1. The van der Waals surface area contributed by atoms with E-state index in [0.29, 0.717) is 13.0 Å². The van der Waals surface area contributed by atoms with E-state index in [-0.39, 0.29) is 5.91 Å². The largest absolute Gasteiger partial charge is 0.356 e. The van der Waals surface area contributed by atoms with Crippen LogP contribution in [0.25, 0.3) is 11.3 Å². The summed E-state index contributed by atoms with van der Waals surface area (Å²) < 4.78 is 5.36. The lowest BCUT2D eigenvalue weighted by atomic mass is 9.97. The molecule has 5 heteroatoms. The van der Waals surface area contributed by atoms with E-state index in [1.165, 1.54) is 5.56 Å². The molecule has 0 aliphatic carbocycles. The Bertz CT molecular complexity index is 648. The molecule has 3 rings (SSSR count). The summed E-state index contributed by atoms with van der Waals surface area (Å²) in [7, 11) is 1.81. The van der Waals surface area contributed by atoms with Crippen molar-refractivity contribution in [2.75, 3.05) is 18.5 Å².